The van der Waals surface area contributed by atoms with Gasteiger partial charge in [0.05, 0.1) is 0 Å². The Morgan fingerprint density at radius 2 is 2.15 bits per heavy atom. The number of nitrogens with one attached hydrogen (secondary N) is 1. The second kappa shape index (κ2) is 6.36. The van der Waals surface area contributed by atoms with Crippen LogP contribution in [0.5, 0.6) is 0 Å². The molecule has 0 aliphatic carbocycles. The number of benzene rings is 1. The van der Waals surface area contributed by atoms with E-state index in [0.717, 1.165) is 0 Å². The highest BCUT2D eigenvalue weighted by Crippen LogP contribution is 2.17. The van der Waals surface area contributed by atoms with Gasteiger partial charge in [-0.15, -0.1) is 0 Å². The molecule has 2 rings (SSSR count). The molecule has 1 aliphatic heterocycles. The molecule has 1 fully saturated rings. The van der Waals surface area contributed by atoms with E-state index in [-0.39, 0.29) is 12.4 Å². The molecule has 1 aliphatic rings. The molecule has 0 radical (unpaired) electrons. The summed E-state index contributed by atoms with van der Waals surface area (Å²) in [6.07, 6.45) is 1.55. The molecule has 0 bridgehead atoms. The van der Waals surface area contributed by atoms with Crippen molar-refractivity contribution < 1.29 is 19.1 Å². The fourth-order valence-electron chi connectivity index (χ4n) is 2.37. The Morgan fingerprint density at radius 3 is 2.85 bits per heavy atom. The number of carboxylic acid groups (broad SMARTS) is 1. The summed E-state index contributed by atoms with van der Waals surface area (Å²) in [5, 5.41) is 11.6. The first kappa shape index (κ1) is 14.3. The van der Waals surface area contributed by atoms with E-state index in [4.69, 9.17) is 5.11 Å². The van der Waals surface area contributed by atoms with Gasteiger partial charge < -0.3 is 15.3 Å². The highest BCUT2D eigenvalue weighted by molar-refractivity contribution is 5.83. The third-order valence-corrected chi connectivity index (χ3v) is 3.43. The van der Waals surface area contributed by atoms with Crippen LogP contribution in [0.25, 0.3) is 0 Å². The van der Waals surface area contributed by atoms with E-state index in [1.54, 1.807) is 18.2 Å². The Kier molecular flexibility index (Phi) is 4.55. The minimum absolute atomic E-state index is 0.280. The van der Waals surface area contributed by atoms with E-state index in [0.29, 0.717) is 31.4 Å². The number of hydrogen-bond acceptors (Lipinski definition) is 2. The van der Waals surface area contributed by atoms with Gasteiger partial charge in [-0.25, -0.2) is 14.0 Å². The lowest BCUT2D eigenvalue weighted by atomic mass is 10.1. The topological polar surface area (TPSA) is 69.6 Å². The van der Waals surface area contributed by atoms with Gasteiger partial charge in [0.15, 0.2) is 0 Å². The maximum atomic E-state index is 13.4. The molecule has 5 nitrogen and oxygen atoms in total. The summed E-state index contributed by atoms with van der Waals surface area (Å²) in [5.74, 6) is -1.28. The van der Waals surface area contributed by atoms with Crippen molar-refractivity contribution >= 4 is 12.0 Å². The van der Waals surface area contributed by atoms with Crippen LogP contribution in [0.1, 0.15) is 18.4 Å². The van der Waals surface area contributed by atoms with Crippen LogP contribution in [-0.4, -0.2) is 41.1 Å². The smallest absolute Gasteiger partial charge is 0.326 e. The fourth-order valence-corrected chi connectivity index (χ4v) is 2.37. The van der Waals surface area contributed by atoms with Crippen molar-refractivity contribution in [2.45, 2.75) is 25.3 Å². The highest BCUT2D eigenvalue weighted by Gasteiger charge is 2.33. The minimum atomic E-state index is -0.980. The van der Waals surface area contributed by atoms with E-state index in [9.17, 15) is 14.0 Å². The van der Waals surface area contributed by atoms with Gasteiger partial charge in [0.2, 0.25) is 0 Å². The molecule has 1 aromatic rings. The third-order valence-electron chi connectivity index (χ3n) is 3.43. The summed E-state index contributed by atoms with van der Waals surface area (Å²) in [4.78, 5) is 24.2. The van der Waals surface area contributed by atoms with Gasteiger partial charge in [0.25, 0.3) is 0 Å². The molecule has 1 unspecified atom stereocenters. The number of carbonyl (C=O) groups excluding carboxylic acids is 1. The van der Waals surface area contributed by atoms with Gasteiger partial charge in [-0.1, -0.05) is 18.2 Å². The molecule has 1 saturated heterocycles. The summed E-state index contributed by atoms with van der Waals surface area (Å²) >= 11 is 0. The summed E-state index contributed by atoms with van der Waals surface area (Å²) in [5.41, 5.74) is 0.531. The first-order valence-corrected chi connectivity index (χ1v) is 6.60. The average Bonchev–Trinajstić information content (AvgIpc) is 2.90. The zero-order valence-electron chi connectivity index (χ0n) is 11.0. The van der Waals surface area contributed by atoms with Crippen LogP contribution in [-0.2, 0) is 11.2 Å². The quantitative estimate of drug-likeness (QED) is 0.880. The zero-order chi connectivity index (χ0) is 14.5. The number of carbonyl (C=O) groups is 2. The SMILES string of the molecule is O=C(O)C1CCCN1C(=O)NCCc1ccccc1F. The molecule has 1 aromatic carbocycles. The average molecular weight is 280 g/mol. The Bertz CT molecular complexity index is 507. The lowest BCUT2D eigenvalue weighted by Crippen LogP contribution is -2.46. The fraction of sp³-hybridized carbons (Fsp3) is 0.429. The molecular formula is C14H17FN2O3. The number of carboxylic acids is 1. The van der Waals surface area contributed by atoms with Crippen molar-refractivity contribution in [3.8, 4) is 0 Å². The Morgan fingerprint density at radius 1 is 1.40 bits per heavy atom. The summed E-state index contributed by atoms with van der Waals surface area (Å²) in [6, 6.07) is 5.24. The van der Waals surface area contributed by atoms with Crippen LogP contribution < -0.4 is 5.32 Å². The number of amides is 2. The highest BCUT2D eigenvalue weighted by atomic mass is 19.1. The zero-order valence-corrected chi connectivity index (χ0v) is 11.0. The van der Waals surface area contributed by atoms with Gasteiger partial charge in [-0.3, -0.25) is 0 Å². The van der Waals surface area contributed by atoms with Gasteiger partial charge in [0, 0.05) is 13.1 Å². The predicted molar refractivity (Wildman–Crippen MR) is 70.9 cm³/mol. The molecule has 2 amide bonds. The van der Waals surface area contributed by atoms with E-state index >= 15 is 0 Å². The number of hydrogen-bond donors (Lipinski definition) is 2. The van der Waals surface area contributed by atoms with E-state index in [2.05, 4.69) is 5.32 Å². The van der Waals surface area contributed by atoms with Crippen molar-refractivity contribution in [3.63, 3.8) is 0 Å². The van der Waals surface area contributed by atoms with Crippen molar-refractivity contribution in [2.75, 3.05) is 13.1 Å². The van der Waals surface area contributed by atoms with Gasteiger partial charge in [0.1, 0.15) is 11.9 Å². The normalized spacial score (nSPS) is 18.1. The number of nitrogens with zero attached hydrogens (tertiary/aromatic N) is 1. The molecule has 0 spiro atoms. The Labute approximate surface area is 116 Å². The van der Waals surface area contributed by atoms with Gasteiger partial charge in [-0.2, -0.15) is 0 Å². The second-order valence-corrected chi connectivity index (χ2v) is 4.76. The van der Waals surface area contributed by atoms with E-state index < -0.39 is 18.0 Å². The molecule has 108 valence electrons. The largest absolute Gasteiger partial charge is 0.480 e. The van der Waals surface area contributed by atoms with Crippen LogP contribution in [0, 0.1) is 5.82 Å². The monoisotopic (exact) mass is 280 g/mol. The third kappa shape index (κ3) is 3.26. The molecule has 1 atom stereocenters. The molecule has 0 saturated carbocycles. The van der Waals surface area contributed by atoms with Crippen LogP contribution in [0.3, 0.4) is 0 Å². The van der Waals surface area contributed by atoms with Crippen LogP contribution >= 0.6 is 0 Å². The molecule has 1 heterocycles. The van der Waals surface area contributed by atoms with E-state index in [1.807, 2.05) is 0 Å². The number of halogens is 1. The lowest BCUT2D eigenvalue weighted by Gasteiger charge is -2.21. The first-order valence-electron chi connectivity index (χ1n) is 6.60. The van der Waals surface area contributed by atoms with Gasteiger partial charge in [-0.05, 0) is 30.9 Å². The molecule has 0 aromatic heterocycles. The molecule has 2 N–H and O–H groups in total. The van der Waals surface area contributed by atoms with Crippen molar-refractivity contribution in [1.82, 2.24) is 10.2 Å². The molecular weight excluding hydrogens is 263 g/mol. The predicted octanol–water partition coefficient (Wildman–Crippen LogP) is 1.63. The van der Waals surface area contributed by atoms with Gasteiger partial charge >= 0.3 is 12.0 Å². The van der Waals surface area contributed by atoms with Crippen LogP contribution in [0.2, 0.25) is 0 Å². The maximum Gasteiger partial charge on any atom is 0.326 e. The summed E-state index contributed by atoms with van der Waals surface area (Å²) in [6.45, 7) is 0.727. The summed E-state index contributed by atoms with van der Waals surface area (Å²) in [7, 11) is 0. The number of likely N-dealkylation sites (tertiary alicyclic amines) is 1. The Balaban J connectivity index is 1.84. The van der Waals surface area contributed by atoms with Crippen molar-refractivity contribution in [2.24, 2.45) is 0 Å². The van der Waals surface area contributed by atoms with Crippen LogP contribution in [0.4, 0.5) is 9.18 Å². The van der Waals surface area contributed by atoms with Crippen LogP contribution in [0.15, 0.2) is 24.3 Å². The first-order chi connectivity index (χ1) is 9.59. The standard InChI is InChI=1S/C14H17FN2O3/c15-11-5-2-1-4-10(11)7-8-16-14(20)17-9-3-6-12(17)13(18)19/h1-2,4-5,12H,3,6-9H2,(H,16,20)(H,18,19). The molecule has 6 heteroatoms. The summed E-state index contributed by atoms with van der Waals surface area (Å²) < 4.78 is 13.4. The van der Waals surface area contributed by atoms with Crippen molar-refractivity contribution in [1.29, 1.82) is 0 Å². The molecule has 20 heavy (non-hydrogen) atoms. The minimum Gasteiger partial charge on any atom is -0.480 e. The Hall–Kier alpha value is -2.11. The maximum absolute atomic E-state index is 13.4. The number of urea groups is 1. The second-order valence-electron chi connectivity index (χ2n) is 4.76. The van der Waals surface area contributed by atoms with Crippen molar-refractivity contribution in [3.05, 3.63) is 35.6 Å². The van der Waals surface area contributed by atoms with E-state index in [1.165, 1.54) is 11.0 Å². The number of aliphatic carboxylic acids is 1. The number of rotatable bonds is 4. The lowest BCUT2D eigenvalue weighted by molar-refractivity contribution is -0.141.